The maximum Gasteiger partial charge on any atom is 0.355 e. The van der Waals surface area contributed by atoms with Crippen LogP contribution in [0, 0.1) is 0 Å². The summed E-state index contributed by atoms with van der Waals surface area (Å²) in [5.41, 5.74) is -0.514. The highest BCUT2D eigenvalue weighted by molar-refractivity contribution is 9.10. The van der Waals surface area contributed by atoms with E-state index in [0.717, 1.165) is 4.68 Å². The quantitative estimate of drug-likeness (QED) is 0.709. The van der Waals surface area contributed by atoms with Crippen LogP contribution in [0.3, 0.4) is 0 Å². The van der Waals surface area contributed by atoms with Crippen molar-refractivity contribution in [2.45, 2.75) is 0 Å². The minimum Gasteiger partial charge on any atom is -0.476 e. The summed E-state index contributed by atoms with van der Waals surface area (Å²) < 4.78 is 1.20. The van der Waals surface area contributed by atoms with Crippen LogP contribution in [0.1, 0.15) is 10.5 Å². The number of hydrogen-bond donors (Lipinski definition) is 2. The Morgan fingerprint density at radius 2 is 2.27 bits per heavy atom. The first kappa shape index (κ1) is 8.06. The molecule has 0 spiro atoms. The molecule has 0 aliphatic rings. The Morgan fingerprint density at radius 1 is 1.73 bits per heavy atom. The van der Waals surface area contributed by atoms with Gasteiger partial charge in [-0.1, -0.05) is 0 Å². The SMILES string of the molecule is Cn1[nH]c(=O)c(Br)c1C(=O)O. The van der Waals surface area contributed by atoms with Crippen LogP contribution in [0.4, 0.5) is 0 Å². The van der Waals surface area contributed by atoms with Gasteiger partial charge >= 0.3 is 5.97 Å². The number of aromatic carboxylic acids is 1. The van der Waals surface area contributed by atoms with Gasteiger partial charge in [-0.15, -0.1) is 0 Å². The zero-order valence-electron chi connectivity index (χ0n) is 5.59. The molecule has 60 valence electrons. The van der Waals surface area contributed by atoms with E-state index in [4.69, 9.17) is 5.11 Å². The number of aryl methyl sites for hydroxylation is 1. The Hall–Kier alpha value is -1.04. The van der Waals surface area contributed by atoms with Gasteiger partial charge in [-0.05, 0) is 15.9 Å². The number of hydrogen-bond acceptors (Lipinski definition) is 2. The first-order chi connectivity index (χ1) is 5.04. The molecule has 0 atom stereocenters. The normalized spacial score (nSPS) is 10.0. The van der Waals surface area contributed by atoms with Crippen LogP contribution >= 0.6 is 15.9 Å². The van der Waals surface area contributed by atoms with Crippen LogP contribution in [-0.4, -0.2) is 20.9 Å². The van der Waals surface area contributed by atoms with Crippen molar-refractivity contribution >= 4 is 21.9 Å². The average Bonchev–Trinajstić information content (AvgIpc) is 2.07. The molecule has 6 heteroatoms. The molecule has 0 aliphatic carbocycles. The fraction of sp³-hybridized carbons (Fsp3) is 0.200. The van der Waals surface area contributed by atoms with E-state index in [1.165, 1.54) is 7.05 Å². The van der Waals surface area contributed by atoms with E-state index in [-0.39, 0.29) is 10.2 Å². The van der Waals surface area contributed by atoms with Crippen LogP contribution in [0.2, 0.25) is 0 Å². The Bertz CT molecular complexity index is 351. The number of H-pyrrole nitrogens is 1. The predicted octanol–water partition coefficient (Wildman–Crippen LogP) is 0.174. The van der Waals surface area contributed by atoms with Crippen LogP contribution in [0.25, 0.3) is 0 Å². The van der Waals surface area contributed by atoms with Crippen molar-refractivity contribution in [1.29, 1.82) is 0 Å². The second kappa shape index (κ2) is 2.54. The molecule has 0 aromatic carbocycles. The summed E-state index contributed by atoms with van der Waals surface area (Å²) in [5.74, 6) is -1.14. The van der Waals surface area contributed by atoms with Crippen LogP contribution in [-0.2, 0) is 7.05 Å². The summed E-state index contributed by atoms with van der Waals surface area (Å²) >= 11 is 2.86. The van der Waals surface area contributed by atoms with Crippen LogP contribution in [0.15, 0.2) is 9.27 Å². The molecule has 1 aromatic heterocycles. The van der Waals surface area contributed by atoms with E-state index in [1.807, 2.05) is 0 Å². The Kier molecular flexibility index (Phi) is 1.86. The third-order valence-electron chi connectivity index (χ3n) is 1.21. The van der Waals surface area contributed by atoms with Gasteiger partial charge in [-0.25, -0.2) is 4.79 Å². The van der Waals surface area contributed by atoms with Gasteiger partial charge in [0.05, 0.1) is 0 Å². The average molecular weight is 221 g/mol. The zero-order chi connectivity index (χ0) is 8.59. The molecular weight excluding hydrogens is 216 g/mol. The number of aromatic nitrogens is 2. The zero-order valence-corrected chi connectivity index (χ0v) is 7.17. The predicted molar refractivity (Wildman–Crippen MR) is 40.7 cm³/mol. The van der Waals surface area contributed by atoms with E-state index in [1.54, 1.807) is 0 Å². The fourth-order valence-corrected chi connectivity index (χ4v) is 1.27. The monoisotopic (exact) mass is 220 g/mol. The number of halogens is 1. The van der Waals surface area contributed by atoms with E-state index in [0.29, 0.717) is 0 Å². The third-order valence-corrected chi connectivity index (χ3v) is 1.95. The lowest BCUT2D eigenvalue weighted by Crippen LogP contribution is -2.05. The lowest BCUT2D eigenvalue weighted by Gasteiger charge is -1.93. The highest BCUT2D eigenvalue weighted by Gasteiger charge is 2.15. The van der Waals surface area contributed by atoms with Gasteiger partial charge in [0.15, 0.2) is 5.69 Å². The molecule has 0 saturated heterocycles. The molecule has 2 N–H and O–H groups in total. The van der Waals surface area contributed by atoms with Crippen molar-refractivity contribution in [2.24, 2.45) is 7.05 Å². The fourth-order valence-electron chi connectivity index (χ4n) is 0.749. The van der Waals surface area contributed by atoms with Crippen LogP contribution in [0.5, 0.6) is 0 Å². The van der Waals surface area contributed by atoms with Gasteiger partial charge in [0.25, 0.3) is 5.56 Å². The summed E-state index contributed by atoms with van der Waals surface area (Å²) in [4.78, 5) is 21.2. The van der Waals surface area contributed by atoms with E-state index in [2.05, 4.69) is 21.0 Å². The number of carbonyl (C=O) groups is 1. The summed E-state index contributed by atoms with van der Waals surface area (Å²) in [5, 5.41) is 10.8. The number of rotatable bonds is 1. The lowest BCUT2D eigenvalue weighted by molar-refractivity contribution is 0.0684. The third kappa shape index (κ3) is 1.21. The van der Waals surface area contributed by atoms with Gasteiger partial charge in [-0.2, -0.15) is 0 Å². The van der Waals surface area contributed by atoms with Crippen LogP contribution < -0.4 is 5.56 Å². The highest BCUT2D eigenvalue weighted by Crippen LogP contribution is 2.09. The Morgan fingerprint density at radius 3 is 2.45 bits per heavy atom. The highest BCUT2D eigenvalue weighted by atomic mass is 79.9. The summed E-state index contributed by atoms with van der Waals surface area (Å²) in [6.07, 6.45) is 0. The molecule has 5 nitrogen and oxygen atoms in total. The number of carboxylic acids is 1. The van der Waals surface area contributed by atoms with E-state index in [9.17, 15) is 9.59 Å². The molecular formula is C5H5BrN2O3. The lowest BCUT2D eigenvalue weighted by atomic mass is 10.4. The van der Waals surface area contributed by atoms with E-state index >= 15 is 0 Å². The van der Waals surface area contributed by atoms with Crippen molar-refractivity contribution in [3.8, 4) is 0 Å². The van der Waals surface area contributed by atoms with Gasteiger partial charge in [0.2, 0.25) is 0 Å². The van der Waals surface area contributed by atoms with Crippen molar-refractivity contribution in [1.82, 2.24) is 9.78 Å². The molecule has 0 radical (unpaired) electrons. The van der Waals surface area contributed by atoms with Crippen molar-refractivity contribution in [3.05, 3.63) is 20.5 Å². The topological polar surface area (TPSA) is 75.1 Å². The van der Waals surface area contributed by atoms with Gasteiger partial charge < -0.3 is 5.11 Å². The summed E-state index contributed by atoms with van der Waals surface area (Å²) in [7, 11) is 1.45. The minimum absolute atomic E-state index is 0.0486. The molecule has 0 aliphatic heterocycles. The van der Waals surface area contributed by atoms with Gasteiger partial charge in [0, 0.05) is 7.05 Å². The van der Waals surface area contributed by atoms with Crippen molar-refractivity contribution in [3.63, 3.8) is 0 Å². The molecule has 11 heavy (non-hydrogen) atoms. The smallest absolute Gasteiger partial charge is 0.355 e. The number of nitrogens with zero attached hydrogens (tertiary/aromatic N) is 1. The first-order valence-electron chi connectivity index (χ1n) is 2.72. The van der Waals surface area contributed by atoms with Crippen molar-refractivity contribution in [2.75, 3.05) is 0 Å². The van der Waals surface area contributed by atoms with Crippen molar-refractivity contribution < 1.29 is 9.90 Å². The van der Waals surface area contributed by atoms with E-state index < -0.39 is 11.5 Å². The number of carboxylic acid groups (broad SMARTS) is 1. The molecule has 1 heterocycles. The second-order valence-electron chi connectivity index (χ2n) is 1.97. The molecule has 1 rings (SSSR count). The molecule has 0 unspecified atom stereocenters. The van der Waals surface area contributed by atoms with Gasteiger partial charge in [-0.3, -0.25) is 14.6 Å². The Balaban J connectivity index is 3.46. The summed E-state index contributed by atoms with van der Waals surface area (Å²) in [6.45, 7) is 0. The maximum atomic E-state index is 10.8. The van der Waals surface area contributed by atoms with Gasteiger partial charge in [0.1, 0.15) is 4.47 Å². The molecule has 1 aromatic rings. The number of aromatic amines is 1. The standard InChI is InChI=1S/C5H5BrN2O3/c1-8-3(5(10)11)2(6)4(9)7-8/h1H3,(H,7,9)(H,10,11). The minimum atomic E-state index is -1.14. The summed E-state index contributed by atoms with van der Waals surface area (Å²) in [6, 6.07) is 0. The molecule has 0 saturated carbocycles. The largest absolute Gasteiger partial charge is 0.476 e. The molecule has 0 amide bonds. The first-order valence-corrected chi connectivity index (χ1v) is 3.51. The number of nitrogens with one attached hydrogen (secondary N) is 1. The maximum absolute atomic E-state index is 10.8. The Labute approximate surface area is 69.8 Å². The molecule has 0 fully saturated rings. The molecule has 0 bridgehead atoms. The second-order valence-corrected chi connectivity index (χ2v) is 2.76.